The number of carbonyl (C=O) groups excluding carboxylic acids is 1. The van der Waals surface area contributed by atoms with Crippen molar-refractivity contribution in [2.45, 2.75) is 13.3 Å². The second-order valence-corrected chi connectivity index (χ2v) is 4.44. The van der Waals surface area contributed by atoms with Crippen LogP contribution in [0.25, 0.3) is 0 Å². The predicted molar refractivity (Wildman–Crippen MR) is 62.8 cm³/mol. The Balaban J connectivity index is 2.07. The number of hydrogen-bond acceptors (Lipinski definition) is 2. The zero-order valence-corrected chi connectivity index (χ0v) is 9.72. The molecule has 4 heteroatoms. The zero-order chi connectivity index (χ0) is 12.4. The largest absolute Gasteiger partial charge is 0.481 e. The topological polar surface area (TPSA) is 57.6 Å². The average molecular weight is 233 g/mol. The molecule has 1 fully saturated rings. The first-order valence-corrected chi connectivity index (χ1v) is 5.66. The first-order chi connectivity index (χ1) is 8.08. The Morgan fingerprint density at radius 1 is 1.29 bits per heavy atom. The van der Waals surface area contributed by atoms with Crippen LogP contribution >= 0.6 is 0 Å². The molecule has 1 saturated heterocycles. The molecule has 1 atom stereocenters. The van der Waals surface area contributed by atoms with Gasteiger partial charge in [-0.15, -0.1) is 0 Å². The Morgan fingerprint density at radius 3 is 2.47 bits per heavy atom. The molecule has 17 heavy (non-hydrogen) atoms. The van der Waals surface area contributed by atoms with Gasteiger partial charge in [-0.3, -0.25) is 9.59 Å². The van der Waals surface area contributed by atoms with Crippen molar-refractivity contribution in [2.24, 2.45) is 5.92 Å². The maximum absolute atomic E-state index is 12.1. The van der Waals surface area contributed by atoms with Crippen molar-refractivity contribution in [3.8, 4) is 0 Å². The van der Waals surface area contributed by atoms with Crippen LogP contribution in [-0.2, 0) is 4.79 Å². The molecule has 0 spiro atoms. The van der Waals surface area contributed by atoms with Crippen molar-refractivity contribution in [3.63, 3.8) is 0 Å². The lowest BCUT2D eigenvalue weighted by Gasteiger charge is -2.15. The summed E-state index contributed by atoms with van der Waals surface area (Å²) in [6, 6.07) is 7.34. The van der Waals surface area contributed by atoms with E-state index in [1.165, 1.54) is 0 Å². The molecule has 4 nitrogen and oxygen atoms in total. The Labute approximate surface area is 99.9 Å². The second kappa shape index (κ2) is 4.57. The first-order valence-electron chi connectivity index (χ1n) is 5.66. The van der Waals surface area contributed by atoms with E-state index in [0.717, 1.165) is 5.56 Å². The summed E-state index contributed by atoms with van der Waals surface area (Å²) >= 11 is 0. The van der Waals surface area contributed by atoms with Crippen LogP contribution in [0.1, 0.15) is 22.3 Å². The number of likely N-dealkylation sites (tertiary alicyclic amines) is 1. The summed E-state index contributed by atoms with van der Waals surface area (Å²) in [4.78, 5) is 24.5. The van der Waals surface area contributed by atoms with E-state index in [1.807, 2.05) is 19.1 Å². The molecule has 2 rings (SSSR count). The van der Waals surface area contributed by atoms with Crippen molar-refractivity contribution in [3.05, 3.63) is 35.4 Å². The van der Waals surface area contributed by atoms with Gasteiger partial charge in [0.05, 0.1) is 5.92 Å². The van der Waals surface area contributed by atoms with Gasteiger partial charge < -0.3 is 10.0 Å². The molecule has 1 aliphatic heterocycles. The van der Waals surface area contributed by atoms with Gasteiger partial charge in [0.25, 0.3) is 5.91 Å². The van der Waals surface area contributed by atoms with Gasteiger partial charge in [-0.1, -0.05) is 17.7 Å². The normalized spacial score (nSPS) is 19.4. The van der Waals surface area contributed by atoms with Gasteiger partial charge in [0.15, 0.2) is 0 Å². The van der Waals surface area contributed by atoms with Crippen LogP contribution in [0.4, 0.5) is 0 Å². The van der Waals surface area contributed by atoms with Crippen molar-refractivity contribution in [1.29, 1.82) is 0 Å². The molecule has 0 saturated carbocycles. The van der Waals surface area contributed by atoms with Crippen molar-refractivity contribution in [2.75, 3.05) is 13.1 Å². The van der Waals surface area contributed by atoms with Crippen molar-refractivity contribution >= 4 is 11.9 Å². The van der Waals surface area contributed by atoms with E-state index >= 15 is 0 Å². The minimum Gasteiger partial charge on any atom is -0.481 e. The minimum absolute atomic E-state index is 0.0752. The average Bonchev–Trinajstić information content (AvgIpc) is 2.78. The van der Waals surface area contributed by atoms with Crippen LogP contribution in [0, 0.1) is 12.8 Å². The monoisotopic (exact) mass is 233 g/mol. The highest BCUT2D eigenvalue weighted by Crippen LogP contribution is 2.19. The SMILES string of the molecule is Cc1ccc(C(=O)N2CCC(C(=O)O)C2)cc1. The van der Waals surface area contributed by atoms with Gasteiger partial charge in [-0.05, 0) is 25.5 Å². The summed E-state index contributed by atoms with van der Waals surface area (Å²) in [6.07, 6.45) is 0.549. The Kier molecular flexibility index (Phi) is 3.13. The summed E-state index contributed by atoms with van der Waals surface area (Å²) in [5.41, 5.74) is 1.73. The number of carboxylic acids is 1. The minimum atomic E-state index is -0.816. The number of rotatable bonds is 2. The van der Waals surface area contributed by atoms with Crippen LogP contribution in [0.2, 0.25) is 0 Å². The van der Waals surface area contributed by atoms with E-state index in [2.05, 4.69) is 0 Å². The van der Waals surface area contributed by atoms with E-state index in [9.17, 15) is 9.59 Å². The number of carbonyl (C=O) groups is 2. The zero-order valence-electron chi connectivity index (χ0n) is 9.72. The number of hydrogen-bond donors (Lipinski definition) is 1. The van der Waals surface area contributed by atoms with Gasteiger partial charge in [-0.2, -0.15) is 0 Å². The molecule has 1 aliphatic rings. The highest BCUT2D eigenvalue weighted by Gasteiger charge is 2.31. The molecule has 0 aliphatic carbocycles. The molecular formula is C13H15NO3. The van der Waals surface area contributed by atoms with Gasteiger partial charge >= 0.3 is 5.97 Å². The van der Waals surface area contributed by atoms with Crippen LogP contribution in [0.15, 0.2) is 24.3 Å². The summed E-state index contributed by atoms with van der Waals surface area (Å²) in [6.45, 7) is 2.82. The lowest BCUT2D eigenvalue weighted by Crippen LogP contribution is -2.29. The Bertz CT molecular complexity index is 438. The molecule has 1 aromatic rings. The van der Waals surface area contributed by atoms with E-state index in [-0.39, 0.29) is 5.91 Å². The van der Waals surface area contributed by atoms with Crippen LogP contribution in [0.3, 0.4) is 0 Å². The summed E-state index contributed by atoms with van der Waals surface area (Å²) < 4.78 is 0. The number of nitrogens with zero attached hydrogens (tertiary/aromatic N) is 1. The van der Waals surface area contributed by atoms with Crippen LogP contribution in [0.5, 0.6) is 0 Å². The number of aliphatic carboxylic acids is 1. The predicted octanol–water partition coefficient (Wildman–Crippen LogP) is 1.54. The van der Waals surface area contributed by atoms with Crippen LogP contribution in [-0.4, -0.2) is 35.0 Å². The molecule has 1 unspecified atom stereocenters. The number of benzene rings is 1. The molecule has 0 bridgehead atoms. The fourth-order valence-electron chi connectivity index (χ4n) is 2.03. The molecule has 1 N–H and O–H groups in total. The fourth-order valence-corrected chi connectivity index (χ4v) is 2.03. The molecule has 90 valence electrons. The third kappa shape index (κ3) is 2.46. The Hall–Kier alpha value is -1.84. The fraction of sp³-hybridized carbons (Fsp3) is 0.385. The molecule has 0 radical (unpaired) electrons. The lowest BCUT2D eigenvalue weighted by atomic mass is 10.1. The maximum Gasteiger partial charge on any atom is 0.308 e. The maximum atomic E-state index is 12.1. The highest BCUT2D eigenvalue weighted by molar-refractivity contribution is 5.94. The van der Waals surface area contributed by atoms with Gasteiger partial charge in [-0.25, -0.2) is 0 Å². The first kappa shape index (κ1) is 11.6. The standard InChI is InChI=1S/C13H15NO3/c1-9-2-4-10(5-3-9)12(15)14-7-6-11(8-14)13(16)17/h2-5,11H,6-8H2,1H3,(H,16,17). The van der Waals surface area contributed by atoms with Gasteiger partial charge in [0, 0.05) is 18.7 Å². The van der Waals surface area contributed by atoms with E-state index < -0.39 is 11.9 Å². The van der Waals surface area contributed by atoms with Gasteiger partial charge in [0.2, 0.25) is 0 Å². The summed E-state index contributed by atoms with van der Waals surface area (Å²) in [5.74, 6) is -1.30. The van der Waals surface area contributed by atoms with E-state index in [0.29, 0.717) is 25.1 Å². The van der Waals surface area contributed by atoms with Crippen molar-refractivity contribution < 1.29 is 14.7 Å². The molecule has 1 amide bonds. The smallest absolute Gasteiger partial charge is 0.308 e. The molecular weight excluding hydrogens is 218 g/mol. The summed E-state index contributed by atoms with van der Waals surface area (Å²) in [5, 5.41) is 8.88. The second-order valence-electron chi connectivity index (χ2n) is 4.44. The van der Waals surface area contributed by atoms with E-state index in [4.69, 9.17) is 5.11 Å². The quantitative estimate of drug-likeness (QED) is 0.843. The lowest BCUT2D eigenvalue weighted by molar-refractivity contribution is -0.141. The third-order valence-corrected chi connectivity index (χ3v) is 3.12. The molecule has 0 aromatic heterocycles. The number of aryl methyl sites for hydroxylation is 1. The third-order valence-electron chi connectivity index (χ3n) is 3.12. The van der Waals surface area contributed by atoms with Crippen LogP contribution < -0.4 is 0 Å². The van der Waals surface area contributed by atoms with E-state index in [1.54, 1.807) is 17.0 Å². The number of amides is 1. The number of carboxylic acid groups (broad SMARTS) is 1. The van der Waals surface area contributed by atoms with Crippen molar-refractivity contribution in [1.82, 2.24) is 4.90 Å². The Morgan fingerprint density at radius 2 is 1.94 bits per heavy atom. The molecule has 1 aromatic carbocycles. The molecule has 1 heterocycles. The van der Waals surface area contributed by atoms with Gasteiger partial charge in [0.1, 0.15) is 0 Å². The highest BCUT2D eigenvalue weighted by atomic mass is 16.4. The summed E-state index contributed by atoms with van der Waals surface area (Å²) in [7, 11) is 0.